The highest BCUT2D eigenvalue weighted by Gasteiger charge is 2.24. The summed E-state index contributed by atoms with van der Waals surface area (Å²) in [6.45, 7) is 0.239. The monoisotopic (exact) mass is 460 g/mol. The first-order valence-electron chi connectivity index (χ1n) is 9.21. The first-order chi connectivity index (χ1) is 14.6. The van der Waals surface area contributed by atoms with Crippen LogP contribution in [0.4, 0.5) is 5.69 Å². The maximum atomic E-state index is 12.4. The largest absolute Gasteiger partial charge is 0.493 e. The lowest BCUT2D eigenvalue weighted by Gasteiger charge is -2.13. The van der Waals surface area contributed by atoms with Crippen molar-refractivity contribution >= 4 is 39.2 Å². The smallest absolute Gasteiger partial charge is 0.256 e. The Labute approximate surface area is 182 Å². The summed E-state index contributed by atoms with van der Waals surface area (Å²) >= 11 is 3.57. The summed E-state index contributed by atoms with van der Waals surface area (Å²) in [4.78, 5) is 12.4. The van der Waals surface area contributed by atoms with Crippen LogP contribution in [0.2, 0.25) is 0 Å². The second-order valence-electron chi connectivity index (χ2n) is 6.64. The van der Waals surface area contributed by atoms with Gasteiger partial charge in [-0.15, -0.1) is 0 Å². The Hall–Kier alpha value is -3.56. The van der Waals surface area contributed by atoms with Crippen LogP contribution in [-0.4, -0.2) is 13.0 Å². The van der Waals surface area contributed by atoms with Gasteiger partial charge in [-0.2, -0.15) is 5.26 Å². The lowest BCUT2D eigenvalue weighted by Crippen LogP contribution is -2.03. The molecule has 0 radical (unpaired) electrons. The number of amides is 1. The Kier molecular flexibility index (Phi) is 5.55. The van der Waals surface area contributed by atoms with E-state index in [0.29, 0.717) is 22.6 Å². The van der Waals surface area contributed by atoms with Gasteiger partial charge in [0.2, 0.25) is 0 Å². The minimum absolute atomic E-state index is 0.143. The first kappa shape index (κ1) is 19.7. The molecule has 30 heavy (non-hydrogen) atoms. The fraction of sp³-hybridized carbons (Fsp3) is 0.0833. The number of benzene rings is 3. The number of nitrogens with one attached hydrogen (secondary N) is 1. The molecule has 1 aliphatic rings. The van der Waals surface area contributed by atoms with Crippen molar-refractivity contribution in [2.45, 2.75) is 6.61 Å². The molecular weight excluding hydrogens is 444 g/mol. The van der Waals surface area contributed by atoms with Gasteiger partial charge in [-0.1, -0.05) is 52.3 Å². The van der Waals surface area contributed by atoms with Crippen LogP contribution in [-0.2, 0) is 11.4 Å². The summed E-state index contributed by atoms with van der Waals surface area (Å²) < 4.78 is 12.2. The molecule has 0 aromatic heterocycles. The average Bonchev–Trinajstić information content (AvgIpc) is 3.08. The van der Waals surface area contributed by atoms with Crippen LogP contribution in [0.3, 0.4) is 0 Å². The van der Waals surface area contributed by atoms with Gasteiger partial charge in [-0.25, -0.2) is 0 Å². The number of anilines is 1. The normalized spacial score (nSPS) is 13.5. The van der Waals surface area contributed by atoms with Crippen LogP contribution < -0.4 is 14.8 Å². The molecule has 1 aliphatic heterocycles. The standard InChI is InChI=1S/C24H17BrN2O3/c1-29-22-11-17(10-19-18-8-4-5-9-21(18)27-24(19)28)20(25)12-23(22)30-14-16-7-3-2-6-15(16)13-26/h2-12H,14H2,1H3,(H,27,28)/b19-10-. The van der Waals surface area contributed by atoms with E-state index in [1.807, 2.05) is 54.6 Å². The van der Waals surface area contributed by atoms with Crippen LogP contribution in [0.15, 0.2) is 65.1 Å². The Balaban J connectivity index is 1.65. The summed E-state index contributed by atoms with van der Waals surface area (Å²) in [6.07, 6.45) is 1.82. The van der Waals surface area contributed by atoms with Crippen LogP contribution in [0, 0.1) is 11.3 Å². The van der Waals surface area contributed by atoms with Crippen molar-refractivity contribution in [3.63, 3.8) is 0 Å². The molecule has 0 unspecified atom stereocenters. The van der Waals surface area contributed by atoms with Crippen molar-refractivity contribution in [3.05, 3.63) is 87.4 Å². The second-order valence-corrected chi connectivity index (χ2v) is 7.49. The maximum absolute atomic E-state index is 12.4. The van der Waals surface area contributed by atoms with Crippen LogP contribution >= 0.6 is 15.9 Å². The molecule has 0 fully saturated rings. The zero-order chi connectivity index (χ0) is 21.1. The lowest BCUT2D eigenvalue weighted by molar-refractivity contribution is -0.110. The number of hydrogen-bond acceptors (Lipinski definition) is 4. The Morgan fingerprint density at radius 3 is 2.67 bits per heavy atom. The summed E-state index contributed by atoms with van der Waals surface area (Å²) in [6, 6.07) is 20.7. The molecule has 4 rings (SSSR count). The van der Waals surface area contributed by atoms with Crippen molar-refractivity contribution in [1.82, 2.24) is 0 Å². The topological polar surface area (TPSA) is 71.3 Å². The molecule has 148 valence electrons. The summed E-state index contributed by atoms with van der Waals surface area (Å²) in [7, 11) is 1.56. The number of rotatable bonds is 5. The van der Waals surface area contributed by atoms with E-state index in [0.717, 1.165) is 26.9 Å². The number of methoxy groups -OCH3 is 1. The molecule has 3 aromatic carbocycles. The highest BCUT2D eigenvalue weighted by molar-refractivity contribution is 9.10. The molecule has 0 aliphatic carbocycles. The highest BCUT2D eigenvalue weighted by Crippen LogP contribution is 2.38. The number of hydrogen-bond donors (Lipinski definition) is 1. The maximum Gasteiger partial charge on any atom is 0.256 e. The summed E-state index contributed by atoms with van der Waals surface area (Å²) in [5, 5.41) is 12.1. The van der Waals surface area contributed by atoms with Gasteiger partial charge in [0.05, 0.1) is 18.7 Å². The van der Waals surface area contributed by atoms with Crippen LogP contribution in [0.25, 0.3) is 11.6 Å². The fourth-order valence-electron chi connectivity index (χ4n) is 3.28. The number of carbonyl (C=O) groups is 1. The summed E-state index contributed by atoms with van der Waals surface area (Å²) in [5.41, 5.74) is 4.41. The van der Waals surface area contributed by atoms with Crippen LogP contribution in [0.5, 0.6) is 11.5 Å². The Morgan fingerprint density at radius 1 is 1.10 bits per heavy atom. The van der Waals surface area contributed by atoms with Gasteiger partial charge in [-0.05, 0) is 35.9 Å². The van der Waals surface area contributed by atoms with Gasteiger partial charge >= 0.3 is 0 Å². The van der Waals surface area contributed by atoms with E-state index in [1.165, 1.54) is 0 Å². The highest BCUT2D eigenvalue weighted by atomic mass is 79.9. The number of nitrogens with zero attached hydrogens (tertiary/aromatic N) is 1. The number of ether oxygens (including phenoxy) is 2. The molecule has 0 atom stereocenters. The van der Waals surface area contributed by atoms with Gasteiger partial charge < -0.3 is 14.8 Å². The van der Waals surface area contributed by atoms with Gasteiger partial charge in [0, 0.05) is 26.9 Å². The van der Waals surface area contributed by atoms with E-state index < -0.39 is 0 Å². The molecule has 3 aromatic rings. The van der Waals surface area contributed by atoms with E-state index in [4.69, 9.17) is 9.47 Å². The molecule has 0 spiro atoms. The van der Waals surface area contributed by atoms with E-state index in [-0.39, 0.29) is 12.5 Å². The van der Waals surface area contributed by atoms with E-state index in [1.54, 1.807) is 19.2 Å². The molecule has 1 heterocycles. The molecule has 0 saturated heterocycles. The molecule has 1 amide bonds. The number of carbonyl (C=O) groups excluding carboxylic acids is 1. The third kappa shape index (κ3) is 3.80. The number of fused-ring (bicyclic) bond motifs is 1. The number of para-hydroxylation sites is 1. The zero-order valence-corrected chi connectivity index (χ0v) is 17.7. The van der Waals surface area contributed by atoms with Gasteiger partial charge in [-0.3, -0.25) is 4.79 Å². The van der Waals surface area contributed by atoms with Crippen molar-refractivity contribution < 1.29 is 14.3 Å². The van der Waals surface area contributed by atoms with Gasteiger partial charge in [0.25, 0.3) is 5.91 Å². The van der Waals surface area contributed by atoms with Crippen molar-refractivity contribution in [1.29, 1.82) is 5.26 Å². The second kappa shape index (κ2) is 8.44. The predicted octanol–water partition coefficient (Wildman–Crippen LogP) is 5.40. The molecular formula is C24H17BrN2O3. The van der Waals surface area contributed by atoms with Crippen molar-refractivity contribution in [2.24, 2.45) is 0 Å². The van der Waals surface area contributed by atoms with Gasteiger partial charge in [0.15, 0.2) is 11.5 Å². The van der Waals surface area contributed by atoms with Crippen molar-refractivity contribution in [3.8, 4) is 17.6 Å². The third-order valence-corrected chi connectivity index (χ3v) is 5.50. The van der Waals surface area contributed by atoms with Crippen molar-refractivity contribution in [2.75, 3.05) is 12.4 Å². The van der Waals surface area contributed by atoms with E-state index >= 15 is 0 Å². The van der Waals surface area contributed by atoms with Crippen LogP contribution in [0.1, 0.15) is 22.3 Å². The van der Waals surface area contributed by atoms with E-state index in [9.17, 15) is 10.1 Å². The SMILES string of the molecule is COc1cc(/C=C2\C(=O)Nc3ccccc32)c(Br)cc1OCc1ccccc1C#N. The number of nitriles is 1. The van der Waals surface area contributed by atoms with E-state index in [2.05, 4.69) is 27.3 Å². The summed E-state index contributed by atoms with van der Waals surface area (Å²) in [5.74, 6) is 0.928. The molecule has 0 saturated carbocycles. The average molecular weight is 461 g/mol. The quantitative estimate of drug-likeness (QED) is 0.517. The van der Waals surface area contributed by atoms with Gasteiger partial charge in [0.1, 0.15) is 6.61 Å². The third-order valence-electron chi connectivity index (χ3n) is 4.81. The molecule has 1 N–H and O–H groups in total. The molecule has 0 bridgehead atoms. The molecule has 6 heteroatoms. The first-order valence-corrected chi connectivity index (χ1v) is 10.0. The minimum Gasteiger partial charge on any atom is -0.493 e. The fourth-order valence-corrected chi connectivity index (χ4v) is 3.72. The minimum atomic E-state index is -0.143. The zero-order valence-electron chi connectivity index (χ0n) is 16.1. The predicted molar refractivity (Wildman–Crippen MR) is 119 cm³/mol. The Morgan fingerprint density at radius 2 is 1.87 bits per heavy atom. The Bertz CT molecular complexity index is 1210. The lowest BCUT2D eigenvalue weighted by atomic mass is 10.0. The molecule has 5 nitrogen and oxygen atoms in total. The number of halogens is 1.